The highest BCUT2D eigenvalue weighted by Gasteiger charge is 2.26. The number of hydrogen-bond acceptors (Lipinski definition) is 1. The van der Waals surface area contributed by atoms with E-state index in [0.29, 0.717) is 0 Å². The van der Waals surface area contributed by atoms with Crippen LogP contribution in [0.15, 0.2) is 101 Å². The Labute approximate surface area is 197 Å². The minimum Gasteiger partial charge on any atom is -0.325 e. The molecule has 2 aromatic heterocycles. The quantitative estimate of drug-likeness (QED) is 0.266. The second-order valence-corrected chi connectivity index (χ2v) is 9.76. The molecule has 0 bridgehead atoms. The number of imidazole rings is 1. The van der Waals surface area contributed by atoms with E-state index in [1.54, 1.807) is 0 Å². The van der Waals surface area contributed by atoms with Crippen LogP contribution in [0.1, 0.15) is 18.4 Å². The number of aromatic nitrogens is 2. The van der Waals surface area contributed by atoms with Gasteiger partial charge in [-0.25, -0.2) is 0 Å². The minimum absolute atomic E-state index is 0.769. The number of hydrogen-bond donors (Lipinski definition) is 0. The Morgan fingerprint density at radius 1 is 0.750 bits per heavy atom. The van der Waals surface area contributed by atoms with E-state index >= 15 is 0 Å². The van der Waals surface area contributed by atoms with Gasteiger partial charge in [0.25, 0.3) is 0 Å². The molecule has 4 heteroatoms. The van der Waals surface area contributed by atoms with Crippen LogP contribution in [0, 0.1) is 0 Å². The maximum atomic E-state index is 6.16. The van der Waals surface area contributed by atoms with Crippen LogP contribution < -0.4 is 0 Å². The Balaban J connectivity index is 1.64. The fourth-order valence-electron chi connectivity index (χ4n) is 4.81. The van der Waals surface area contributed by atoms with Gasteiger partial charge in [0.2, 0.25) is 0 Å². The van der Waals surface area contributed by atoms with Gasteiger partial charge in [0.1, 0.15) is 5.65 Å². The largest absolute Gasteiger partial charge is 0.325 e. The predicted octanol–water partition coefficient (Wildman–Crippen LogP) is 8.22. The lowest BCUT2D eigenvalue weighted by molar-refractivity contribution is 0.646. The highest BCUT2D eigenvalue weighted by molar-refractivity contribution is 7.99. The van der Waals surface area contributed by atoms with Crippen LogP contribution in [0.5, 0.6) is 0 Å². The van der Waals surface area contributed by atoms with Crippen molar-refractivity contribution in [2.45, 2.75) is 35.7 Å². The van der Waals surface area contributed by atoms with Crippen molar-refractivity contribution in [3.8, 4) is 22.4 Å². The van der Waals surface area contributed by atoms with Crippen molar-refractivity contribution < 1.29 is 0 Å². The average molecular weight is 455 g/mol. The standard InChI is InChI=1S/C28H23ClN2S/c29-22-14-16-23(17-15-22)32-28-26(21-11-5-2-6-12-21)24-13-7-8-18-30-25(19-31(28)27(24)30)20-9-3-1-4-10-20/h1-6,9-12,14-17,19H,7-8,13,18H2. The topological polar surface area (TPSA) is 9.34 Å². The molecule has 32 heavy (non-hydrogen) atoms. The molecule has 0 spiro atoms. The van der Waals surface area contributed by atoms with Gasteiger partial charge < -0.3 is 4.57 Å². The molecule has 0 saturated carbocycles. The van der Waals surface area contributed by atoms with Crippen LogP contribution in [0.4, 0.5) is 0 Å². The van der Waals surface area contributed by atoms with Crippen molar-refractivity contribution >= 4 is 29.0 Å². The Kier molecular flexibility index (Phi) is 5.09. The van der Waals surface area contributed by atoms with Crippen LogP contribution >= 0.6 is 23.4 Å². The van der Waals surface area contributed by atoms with E-state index < -0.39 is 0 Å². The van der Waals surface area contributed by atoms with E-state index in [2.05, 4.69) is 88.0 Å². The zero-order chi connectivity index (χ0) is 21.5. The average Bonchev–Trinajstić information content (AvgIpc) is 3.25. The third kappa shape index (κ3) is 3.37. The zero-order valence-corrected chi connectivity index (χ0v) is 19.2. The number of rotatable bonds is 4. The smallest absolute Gasteiger partial charge is 0.122 e. The summed E-state index contributed by atoms with van der Waals surface area (Å²) in [5.41, 5.74) is 8.03. The second-order valence-electron chi connectivity index (χ2n) is 8.26. The first-order chi connectivity index (χ1) is 15.8. The molecule has 0 unspecified atom stereocenters. The summed E-state index contributed by atoms with van der Waals surface area (Å²) in [5, 5.41) is 2.05. The molecule has 158 valence electrons. The zero-order valence-electron chi connectivity index (χ0n) is 17.7. The molecule has 6 rings (SSSR count). The maximum absolute atomic E-state index is 6.16. The van der Waals surface area contributed by atoms with Crippen molar-refractivity contribution in [3.05, 3.63) is 102 Å². The van der Waals surface area contributed by atoms with Crippen molar-refractivity contribution in [3.63, 3.8) is 0 Å². The number of benzene rings is 3. The molecule has 1 aliphatic heterocycles. The van der Waals surface area contributed by atoms with Gasteiger partial charge in [-0.1, -0.05) is 84.0 Å². The van der Waals surface area contributed by atoms with Crippen molar-refractivity contribution in [2.24, 2.45) is 0 Å². The molecule has 0 fully saturated rings. The summed E-state index contributed by atoms with van der Waals surface area (Å²) in [5.74, 6) is 0. The normalized spacial score (nSPS) is 13.4. The Hall–Kier alpha value is -2.88. The molecule has 1 aliphatic rings. The molecule has 5 aromatic rings. The lowest BCUT2D eigenvalue weighted by atomic mass is 10.0. The molecule has 0 aliphatic carbocycles. The highest BCUT2D eigenvalue weighted by Crippen LogP contribution is 2.45. The molecular weight excluding hydrogens is 432 g/mol. The molecule has 3 heterocycles. The second kappa shape index (κ2) is 8.23. The van der Waals surface area contributed by atoms with Crippen LogP contribution in [-0.2, 0) is 13.0 Å². The molecule has 0 amide bonds. The van der Waals surface area contributed by atoms with Gasteiger partial charge >= 0.3 is 0 Å². The Morgan fingerprint density at radius 2 is 1.44 bits per heavy atom. The molecule has 2 nitrogen and oxygen atoms in total. The fraction of sp³-hybridized carbons (Fsp3) is 0.143. The summed E-state index contributed by atoms with van der Waals surface area (Å²) in [4.78, 5) is 1.20. The van der Waals surface area contributed by atoms with Crippen LogP contribution in [0.25, 0.3) is 28.0 Å². The number of aryl methyl sites for hydroxylation is 2. The SMILES string of the molecule is Clc1ccc(Sc2c(-c3ccccc3)c3c4n(c(-c5ccccc5)cn24)CCCC3)cc1. The Bertz CT molecular complexity index is 1380. The molecule has 0 atom stereocenters. The van der Waals surface area contributed by atoms with Gasteiger partial charge in [-0.3, -0.25) is 4.40 Å². The van der Waals surface area contributed by atoms with Crippen LogP contribution in [0.2, 0.25) is 5.02 Å². The number of halogens is 1. The van der Waals surface area contributed by atoms with E-state index in [1.165, 1.54) is 56.4 Å². The molecule has 0 radical (unpaired) electrons. The summed E-state index contributed by atoms with van der Waals surface area (Å²) >= 11 is 7.99. The van der Waals surface area contributed by atoms with E-state index in [1.807, 2.05) is 23.9 Å². The minimum atomic E-state index is 0.769. The van der Waals surface area contributed by atoms with E-state index in [0.717, 1.165) is 18.0 Å². The van der Waals surface area contributed by atoms with Gasteiger partial charge in [0, 0.05) is 33.8 Å². The van der Waals surface area contributed by atoms with Gasteiger partial charge in [-0.15, -0.1) is 0 Å². The molecule has 0 saturated heterocycles. The lowest BCUT2D eigenvalue weighted by Gasteiger charge is -2.09. The van der Waals surface area contributed by atoms with E-state index in [4.69, 9.17) is 11.6 Å². The highest BCUT2D eigenvalue weighted by atomic mass is 35.5. The van der Waals surface area contributed by atoms with E-state index in [9.17, 15) is 0 Å². The first-order valence-electron chi connectivity index (χ1n) is 11.1. The first-order valence-corrected chi connectivity index (χ1v) is 12.3. The van der Waals surface area contributed by atoms with Gasteiger partial charge in [0.15, 0.2) is 0 Å². The summed E-state index contributed by atoms with van der Waals surface area (Å²) in [6.45, 7) is 1.05. The third-order valence-corrected chi connectivity index (χ3v) is 7.60. The van der Waals surface area contributed by atoms with E-state index in [-0.39, 0.29) is 0 Å². The summed E-state index contributed by atoms with van der Waals surface area (Å²) in [6.07, 6.45) is 5.85. The van der Waals surface area contributed by atoms with Crippen LogP contribution in [-0.4, -0.2) is 8.97 Å². The third-order valence-electron chi connectivity index (χ3n) is 6.25. The number of nitrogens with zero attached hydrogens (tertiary/aromatic N) is 2. The first kappa shape index (κ1) is 19.8. The predicted molar refractivity (Wildman–Crippen MR) is 135 cm³/mol. The van der Waals surface area contributed by atoms with Crippen molar-refractivity contribution in [2.75, 3.05) is 0 Å². The van der Waals surface area contributed by atoms with Gasteiger partial charge in [-0.2, -0.15) is 0 Å². The molecular formula is C28H23ClN2S. The van der Waals surface area contributed by atoms with Gasteiger partial charge in [0.05, 0.1) is 10.7 Å². The lowest BCUT2D eigenvalue weighted by Crippen LogP contribution is -1.98. The van der Waals surface area contributed by atoms with Crippen molar-refractivity contribution in [1.82, 2.24) is 8.97 Å². The monoisotopic (exact) mass is 454 g/mol. The van der Waals surface area contributed by atoms with Crippen molar-refractivity contribution in [1.29, 1.82) is 0 Å². The Morgan fingerprint density at radius 3 is 2.16 bits per heavy atom. The fourth-order valence-corrected chi connectivity index (χ4v) is 6.01. The van der Waals surface area contributed by atoms with Gasteiger partial charge in [-0.05, 0) is 54.7 Å². The van der Waals surface area contributed by atoms with Crippen LogP contribution in [0.3, 0.4) is 0 Å². The summed E-state index contributed by atoms with van der Waals surface area (Å²) < 4.78 is 4.97. The summed E-state index contributed by atoms with van der Waals surface area (Å²) in [6, 6.07) is 29.8. The molecule has 3 aromatic carbocycles. The molecule has 0 N–H and O–H groups in total. The summed E-state index contributed by atoms with van der Waals surface area (Å²) in [7, 11) is 0. The maximum Gasteiger partial charge on any atom is 0.122 e.